The second-order valence-electron chi connectivity index (χ2n) is 10.8. The van der Waals surface area contributed by atoms with E-state index in [1.54, 1.807) is 26.0 Å². The minimum Gasteiger partial charge on any atom is -0.446 e. The molecule has 0 aliphatic carbocycles. The molecule has 0 heterocycles. The van der Waals surface area contributed by atoms with Crippen molar-refractivity contribution < 1.29 is 19.1 Å². The number of aliphatic hydroxyl groups is 1. The van der Waals surface area contributed by atoms with E-state index in [4.69, 9.17) is 9.16 Å². The lowest BCUT2D eigenvalue weighted by molar-refractivity contribution is 0.0387. The molecule has 0 radical (unpaired) electrons. The van der Waals surface area contributed by atoms with E-state index in [9.17, 15) is 9.90 Å². The predicted octanol–water partition coefficient (Wildman–Crippen LogP) is 6.98. The van der Waals surface area contributed by atoms with Crippen LogP contribution in [0.15, 0.2) is 30.3 Å². The number of ether oxygens (including phenoxy) is 1. The van der Waals surface area contributed by atoms with Gasteiger partial charge in [-0.25, -0.2) is 4.79 Å². The summed E-state index contributed by atoms with van der Waals surface area (Å²) < 4.78 is 12.4. The molecule has 0 aromatic heterocycles. The summed E-state index contributed by atoms with van der Waals surface area (Å²) in [4.78, 5) is 12.5. The normalized spacial score (nSPS) is 14.2. The molecule has 1 N–H and O–H groups in total. The molecule has 0 aliphatic heterocycles. The molecule has 0 spiro atoms. The molecule has 2 atom stereocenters. The number of hydrogen-bond acceptors (Lipinski definition) is 4. The molecule has 0 saturated heterocycles. The number of esters is 1. The van der Waals surface area contributed by atoms with E-state index in [1.807, 2.05) is 18.2 Å². The summed E-state index contributed by atoms with van der Waals surface area (Å²) in [5, 5.41) is 9.99. The maximum absolute atomic E-state index is 12.5. The van der Waals surface area contributed by atoms with Gasteiger partial charge < -0.3 is 14.3 Å². The first-order chi connectivity index (χ1) is 15.3. The van der Waals surface area contributed by atoms with Crippen molar-refractivity contribution in [2.75, 3.05) is 6.61 Å². The zero-order chi connectivity index (χ0) is 25.2. The van der Waals surface area contributed by atoms with Crippen LogP contribution in [-0.2, 0) is 9.16 Å². The quantitative estimate of drug-likeness (QED) is 0.202. The molecular formula is C28H46O4Si. The Morgan fingerprint density at radius 3 is 2.00 bits per heavy atom. The molecule has 0 bridgehead atoms. The molecule has 1 rings (SSSR count). The zero-order valence-corrected chi connectivity index (χ0v) is 23.3. The SMILES string of the molecule is CC(C)[Si](OC[C@@H](C)CCC[C@H](C#CC(C)(C)O)OC(=O)c1ccccc1)(C(C)C)C(C)C. The van der Waals surface area contributed by atoms with Crippen LogP contribution in [0.2, 0.25) is 16.6 Å². The van der Waals surface area contributed by atoms with Gasteiger partial charge in [-0.2, -0.15) is 0 Å². The fraction of sp³-hybridized carbons (Fsp3) is 0.679. The smallest absolute Gasteiger partial charge is 0.339 e. The molecule has 0 amide bonds. The minimum absolute atomic E-state index is 0.386. The first-order valence-electron chi connectivity index (χ1n) is 12.4. The molecule has 0 unspecified atom stereocenters. The van der Waals surface area contributed by atoms with Gasteiger partial charge in [0.1, 0.15) is 5.60 Å². The second kappa shape index (κ2) is 13.3. The molecule has 4 nitrogen and oxygen atoms in total. The highest BCUT2D eigenvalue weighted by molar-refractivity contribution is 6.77. The van der Waals surface area contributed by atoms with E-state index in [2.05, 4.69) is 60.3 Å². The van der Waals surface area contributed by atoms with Crippen molar-refractivity contribution in [2.24, 2.45) is 5.92 Å². The number of carbonyl (C=O) groups is 1. The van der Waals surface area contributed by atoms with Crippen LogP contribution in [0.4, 0.5) is 0 Å². The summed E-state index contributed by atoms with van der Waals surface area (Å²) >= 11 is 0. The maximum atomic E-state index is 12.5. The van der Waals surface area contributed by atoms with Crippen LogP contribution in [0.25, 0.3) is 0 Å². The van der Waals surface area contributed by atoms with Gasteiger partial charge in [-0.3, -0.25) is 0 Å². The largest absolute Gasteiger partial charge is 0.446 e. The van der Waals surface area contributed by atoms with Gasteiger partial charge in [0, 0.05) is 6.61 Å². The Morgan fingerprint density at radius 1 is 0.970 bits per heavy atom. The lowest BCUT2D eigenvalue weighted by atomic mass is 10.0. The van der Waals surface area contributed by atoms with Crippen molar-refractivity contribution in [1.29, 1.82) is 0 Å². The maximum Gasteiger partial charge on any atom is 0.339 e. The summed E-state index contributed by atoms with van der Waals surface area (Å²) in [5.74, 6) is 5.81. The summed E-state index contributed by atoms with van der Waals surface area (Å²) in [5.41, 5.74) is 1.10. The first-order valence-corrected chi connectivity index (χ1v) is 14.6. The molecule has 0 aliphatic rings. The van der Waals surface area contributed by atoms with E-state index in [-0.39, 0.29) is 5.97 Å². The van der Waals surface area contributed by atoms with Crippen molar-refractivity contribution in [3.63, 3.8) is 0 Å². The van der Waals surface area contributed by atoms with Crippen LogP contribution in [0.5, 0.6) is 0 Å². The first kappa shape index (κ1) is 29.4. The number of rotatable bonds is 12. The van der Waals surface area contributed by atoms with Crippen molar-refractivity contribution in [2.45, 2.75) is 110 Å². The van der Waals surface area contributed by atoms with Crippen molar-refractivity contribution >= 4 is 14.3 Å². The highest BCUT2D eigenvalue weighted by Gasteiger charge is 2.45. The third-order valence-corrected chi connectivity index (χ3v) is 12.4. The third kappa shape index (κ3) is 9.64. The summed E-state index contributed by atoms with van der Waals surface area (Å²) in [6, 6.07) is 8.95. The van der Waals surface area contributed by atoms with Gasteiger partial charge in [-0.15, -0.1) is 0 Å². The number of carbonyl (C=O) groups excluding carboxylic acids is 1. The Bertz CT molecular complexity index is 747. The number of hydrogen-bond donors (Lipinski definition) is 1. The van der Waals surface area contributed by atoms with Crippen LogP contribution in [0.3, 0.4) is 0 Å². The van der Waals surface area contributed by atoms with Crippen LogP contribution in [-0.4, -0.2) is 37.7 Å². The molecule has 5 heteroatoms. The average Bonchev–Trinajstić information content (AvgIpc) is 2.71. The molecule has 33 heavy (non-hydrogen) atoms. The van der Waals surface area contributed by atoms with Crippen LogP contribution in [0.1, 0.15) is 91.9 Å². The molecule has 1 aromatic rings. The van der Waals surface area contributed by atoms with Crippen LogP contribution in [0, 0.1) is 17.8 Å². The summed E-state index contributed by atoms with van der Waals surface area (Å²) in [6.45, 7) is 20.1. The van der Waals surface area contributed by atoms with Crippen LogP contribution < -0.4 is 0 Å². The highest BCUT2D eigenvalue weighted by atomic mass is 28.4. The molecular weight excluding hydrogens is 428 g/mol. The lowest BCUT2D eigenvalue weighted by Gasteiger charge is -2.42. The average molecular weight is 475 g/mol. The molecule has 186 valence electrons. The molecule has 0 saturated carbocycles. The highest BCUT2D eigenvalue weighted by Crippen LogP contribution is 2.42. The Kier molecular flexibility index (Phi) is 11.9. The van der Waals surface area contributed by atoms with Gasteiger partial charge in [-0.1, -0.05) is 78.5 Å². The van der Waals surface area contributed by atoms with Crippen molar-refractivity contribution in [1.82, 2.24) is 0 Å². The monoisotopic (exact) mass is 474 g/mol. The third-order valence-electron chi connectivity index (χ3n) is 6.29. The Hall–Kier alpha value is -1.61. The fourth-order valence-electron chi connectivity index (χ4n) is 4.71. The van der Waals surface area contributed by atoms with Gasteiger partial charge in [0.2, 0.25) is 0 Å². The van der Waals surface area contributed by atoms with Crippen molar-refractivity contribution in [3.8, 4) is 11.8 Å². The van der Waals surface area contributed by atoms with E-state index in [0.717, 1.165) is 19.4 Å². The Morgan fingerprint density at radius 2 is 1.52 bits per heavy atom. The minimum atomic E-state index is -1.86. The summed E-state index contributed by atoms with van der Waals surface area (Å²) in [6.07, 6.45) is 1.93. The predicted molar refractivity (Wildman–Crippen MR) is 140 cm³/mol. The van der Waals surface area contributed by atoms with Gasteiger partial charge in [0.05, 0.1) is 5.56 Å². The second-order valence-corrected chi connectivity index (χ2v) is 16.2. The Balaban J connectivity index is 2.73. The number of benzene rings is 1. The van der Waals surface area contributed by atoms with E-state index in [0.29, 0.717) is 34.5 Å². The van der Waals surface area contributed by atoms with Crippen molar-refractivity contribution in [3.05, 3.63) is 35.9 Å². The van der Waals surface area contributed by atoms with Crippen LogP contribution >= 0.6 is 0 Å². The van der Waals surface area contributed by atoms with Gasteiger partial charge in [0.25, 0.3) is 0 Å². The van der Waals surface area contributed by atoms with E-state index < -0.39 is 20.0 Å². The standard InChI is InChI=1S/C28H46O4Si/c1-21(2)33(22(3)4,23(5)6)31-20-24(7)14-13-17-26(18-19-28(8,9)30)32-27(29)25-15-11-10-12-16-25/h10-12,15-16,21-24,26,30H,13-14,17,20H2,1-9H3/t24-,26+/m0/s1. The lowest BCUT2D eigenvalue weighted by Crippen LogP contribution is -2.48. The van der Waals surface area contributed by atoms with E-state index >= 15 is 0 Å². The molecule has 1 aromatic carbocycles. The Labute approximate surface area is 203 Å². The molecule has 0 fully saturated rings. The van der Waals surface area contributed by atoms with Gasteiger partial charge >= 0.3 is 5.97 Å². The van der Waals surface area contributed by atoms with Gasteiger partial charge in [-0.05, 0) is 67.8 Å². The van der Waals surface area contributed by atoms with E-state index in [1.165, 1.54) is 0 Å². The zero-order valence-electron chi connectivity index (χ0n) is 22.3. The fourth-order valence-corrected chi connectivity index (χ4v) is 10.3. The summed E-state index contributed by atoms with van der Waals surface area (Å²) in [7, 11) is -1.86. The topological polar surface area (TPSA) is 55.8 Å². The van der Waals surface area contributed by atoms with Gasteiger partial charge in [0.15, 0.2) is 14.4 Å².